The lowest BCUT2D eigenvalue weighted by molar-refractivity contribution is 0.0921. The smallest absolute Gasteiger partial charge is 0.286 e. The Morgan fingerprint density at radius 1 is 1.14 bits per heavy atom. The molecule has 2 aromatic carbocycles. The van der Waals surface area contributed by atoms with Crippen LogP contribution in [0.15, 0.2) is 75.9 Å². The highest BCUT2D eigenvalue weighted by Crippen LogP contribution is 2.26. The molecule has 0 saturated carbocycles. The van der Waals surface area contributed by atoms with Crippen LogP contribution in [-0.2, 0) is 13.2 Å². The predicted molar refractivity (Wildman–Crippen MR) is 114 cm³/mol. The molecule has 148 valence electrons. The van der Waals surface area contributed by atoms with E-state index in [9.17, 15) is 4.79 Å². The van der Waals surface area contributed by atoms with E-state index in [1.165, 1.54) is 0 Å². The third-order valence-electron chi connectivity index (χ3n) is 4.46. The van der Waals surface area contributed by atoms with E-state index < -0.39 is 0 Å². The number of hydrogen-bond donors (Lipinski definition) is 1. The molecule has 7 heteroatoms. The molecule has 4 rings (SSSR count). The zero-order chi connectivity index (χ0) is 20.1. The van der Waals surface area contributed by atoms with Gasteiger partial charge in [-0.3, -0.25) is 9.48 Å². The number of carbonyl (C=O) groups excluding carboxylic acids is 1. The number of fused-ring (bicyclic) bond motifs is 1. The maximum Gasteiger partial charge on any atom is 0.286 e. The van der Waals surface area contributed by atoms with Crippen molar-refractivity contribution in [2.24, 2.45) is 0 Å². The van der Waals surface area contributed by atoms with Gasteiger partial charge in [0, 0.05) is 24.7 Å². The van der Waals surface area contributed by atoms with E-state index in [-0.39, 0.29) is 18.3 Å². The molecule has 0 saturated heterocycles. The minimum absolute atomic E-state index is 0.233. The first kappa shape index (κ1) is 19.3. The molecule has 4 aromatic rings. The molecule has 2 aromatic heterocycles. The molecule has 0 spiro atoms. The number of nitrogens with one attached hydrogen (secondary N) is 1. The maximum atomic E-state index is 12.2. The summed E-state index contributed by atoms with van der Waals surface area (Å²) in [5.41, 5.74) is 0. The summed E-state index contributed by atoms with van der Waals surface area (Å²) >= 11 is 3.36. The highest BCUT2D eigenvalue weighted by Gasteiger charge is 2.11. The van der Waals surface area contributed by atoms with Crippen molar-refractivity contribution in [3.8, 4) is 5.75 Å². The number of aryl methyl sites for hydroxylation is 1. The zero-order valence-corrected chi connectivity index (χ0v) is 17.3. The Bertz CT molecular complexity index is 1110. The van der Waals surface area contributed by atoms with E-state index in [4.69, 9.17) is 9.15 Å². The number of nitrogens with zero attached hydrogens (tertiary/aromatic N) is 2. The number of hydrogen-bond acceptors (Lipinski definition) is 4. The quantitative estimate of drug-likeness (QED) is 0.389. The number of ether oxygens (including phenoxy) is 1. The Morgan fingerprint density at radius 2 is 2.00 bits per heavy atom. The number of halogens is 1. The minimum Gasteiger partial charge on any atom is -0.485 e. The number of carbonyl (C=O) groups is 1. The summed E-state index contributed by atoms with van der Waals surface area (Å²) in [7, 11) is 0. The molecule has 29 heavy (non-hydrogen) atoms. The second-order valence-corrected chi connectivity index (χ2v) is 7.48. The van der Waals surface area contributed by atoms with Crippen LogP contribution in [0.1, 0.15) is 22.7 Å². The Balaban J connectivity index is 1.28. The van der Waals surface area contributed by atoms with Gasteiger partial charge in [0.25, 0.3) is 5.91 Å². The number of furan rings is 1. The van der Waals surface area contributed by atoms with Crippen molar-refractivity contribution in [2.45, 2.75) is 19.6 Å². The molecule has 0 bridgehead atoms. The van der Waals surface area contributed by atoms with Crippen LogP contribution in [0.5, 0.6) is 5.75 Å². The highest BCUT2D eigenvalue weighted by atomic mass is 79.9. The Morgan fingerprint density at radius 3 is 2.86 bits per heavy atom. The zero-order valence-electron chi connectivity index (χ0n) is 15.7. The summed E-state index contributed by atoms with van der Waals surface area (Å²) in [5, 5.41) is 9.21. The fraction of sp³-hybridized carbons (Fsp3) is 0.182. The van der Waals surface area contributed by atoms with Crippen molar-refractivity contribution in [3.05, 3.63) is 83.0 Å². The minimum atomic E-state index is -0.233. The summed E-state index contributed by atoms with van der Waals surface area (Å²) in [6, 6.07) is 17.4. The fourth-order valence-corrected chi connectivity index (χ4v) is 3.37. The molecule has 2 heterocycles. The number of benzene rings is 2. The molecule has 0 atom stereocenters. The van der Waals surface area contributed by atoms with Gasteiger partial charge in [0.15, 0.2) is 5.76 Å². The highest BCUT2D eigenvalue weighted by molar-refractivity contribution is 9.10. The van der Waals surface area contributed by atoms with Crippen LogP contribution in [0.2, 0.25) is 0 Å². The summed E-state index contributed by atoms with van der Waals surface area (Å²) in [6.07, 6.45) is 4.41. The van der Waals surface area contributed by atoms with Crippen LogP contribution >= 0.6 is 15.9 Å². The van der Waals surface area contributed by atoms with E-state index in [1.807, 2.05) is 53.3 Å². The Kier molecular flexibility index (Phi) is 5.95. The maximum absolute atomic E-state index is 12.2. The monoisotopic (exact) mass is 453 g/mol. The van der Waals surface area contributed by atoms with Gasteiger partial charge in [-0.25, -0.2) is 0 Å². The Labute approximate surface area is 176 Å². The van der Waals surface area contributed by atoms with Crippen molar-refractivity contribution in [2.75, 3.05) is 6.54 Å². The van der Waals surface area contributed by atoms with Crippen LogP contribution in [0.4, 0.5) is 0 Å². The second-order valence-electron chi connectivity index (χ2n) is 6.56. The van der Waals surface area contributed by atoms with Gasteiger partial charge in [0.05, 0.1) is 10.7 Å². The lowest BCUT2D eigenvalue weighted by atomic mass is 10.1. The van der Waals surface area contributed by atoms with E-state index >= 15 is 0 Å². The van der Waals surface area contributed by atoms with Gasteiger partial charge in [-0.2, -0.15) is 5.10 Å². The molecule has 6 nitrogen and oxygen atoms in total. The number of aromatic nitrogens is 2. The van der Waals surface area contributed by atoms with E-state index in [0.717, 1.165) is 34.0 Å². The molecule has 1 amide bonds. The van der Waals surface area contributed by atoms with Crippen LogP contribution in [-0.4, -0.2) is 22.2 Å². The van der Waals surface area contributed by atoms with Gasteiger partial charge in [0.1, 0.15) is 18.1 Å². The van der Waals surface area contributed by atoms with E-state index in [2.05, 4.69) is 26.3 Å². The normalized spacial score (nSPS) is 10.9. The van der Waals surface area contributed by atoms with Gasteiger partial charge in [-0.15, -0.1) is 0 Å². The third kappa shape index (κ3) is 4.86. The van der Waals surface area contributed by atoms with Gasteiger partial charge in [-0.05, 0) is 45.9 Å². The molecule has 0 radical (unpaired) electrons. The molecular weight excluding hydrogens is 434 g/mol. The van der Waals surface area contributed by atoms with Gasteiger partial charge >= 0.3 is 0 Å². The van der Waals surface area contributed by atoms with Crippen molar-refractivity contribution in [3.63, 3.8) is 0 Å². The van der Waals surface area contributed by atoms with Gasteiger partial charge in [-0.1, -0.05) is 36.4 Å². The molecular formula is C22H20BrN3O3. The van der Waals surface area contributed by atoms with Crippen LogP contribution in [0.3, 0.4) is 0 Å². The largest absolute Gasteiger partial charge is 0.485 e. The van der Waals surface area contributed by atoms with Crippen LogP contribution in [0, 0.1) is 0 Å². The van der Waals surface area contributed by atoms with Crippen LogP contribution in [0.25, 0.3) is 10.8 Å². The van der Waals surface area contributed by atoms with Crippen LogP contribution < -0.4 is 10.1 Å². The molecule has 0 aliphatic carbocycles. The van der Waals surface area contributed by atoms with Crippen molar-refractivity contribution < 1.29 is 13.9 Å². The van der Waals surface area contributed by atoms with E-state index in [0.29, 0.717) is 12.3 Å². The number of rotatable bonds is 8. The van der Waals surface area contributed by atoms with Gasteiger partial charge < -0.3 is 14.5 Å². The summed E-state index contributed by atoms with van der Waals surface area (Å²) < 4.78 is 14.3. The topological polar surface area (TPSA) is 69.3 Å². The van der Waals surface area contributed by atoms with Crippen molar-refractivity contribution >= 4 is 32.6 Å². The predicted octanol–water partition coefficient (Wildman–Crippen LogP) is 4.79. The summed E-state index contributed by atoms with van der Waals surface area (Å²) in [6.45, 7) is 1.53. The Hall–Kier alpha value is -3.06. The molecule has 0 fully saturated rings. The third-order valence-corrected chi connectivity index (χ3v) is 4.87. The SMILES string of the molecule is O=C(NCCCn1cc(Br)cn1)c1ccc(COc2cccc3ccccc23)o1. The first-order chi connectivity index (χ1) is 14.2. The molecule has 0 aliphatic rings. The first-order valence-electron chi connectivity index (χ1n) is 9.34. The second kappa shape index (κ2) is 8.96. The average Bonchev–Trinajstić information content (AvgIpc) is 3.38. The van der Waals surface area contributed by atoms with Gasteiger partial charge in [0.2, 0.25) is 0 Å². The summed E-state index contributed by atoms with van der Waals surface area (Å²) in [4.78, 5) is 12.2. The lowest BCUT2D eigenvalue weighted by Gasteiger charge is -2.08. The molecule has 1 N–H and O–H groups in total. The van der Waals surface area contributed by atoms with Crippen molar-refractivity contribution in [1.29, 1.82) is 0 Å². The molecule has 0 aliphatic heterocycles. The summed E-state index contributed by atoms with van der Waals surface area (Å²) in [5.74, 6) is 1.44. The van der Waals surface area contributed by atoms with E-state index in [1.54, 1.807) is 18.3 Å². The number of amides is 1. The molecule has 0 unspecified atom stereocenters. The average molecular weight is 454 g/mol. The van der Waals surface area contributed by atoms with Crippen molar-refractivity contribution in [1.82, 2.24) is 15.1 Å². The lowest BCUT2D eigenvalue weighted by Crippen LogP contribution is -2.24. The first-order valence-corrected chi connectivity index (χ1v) is 10.1. The standard InChI is InChI=1S/C22H20BrN3O3/c23-17-13-25-26(14-17)12-4-11-24-22(27)21-10-9-18(29-21)15-28-20-8-3-6-16-5-1-2-7-19(16)20/h1-3,5-10,13-14H,4,11-12,15H2,(H,24,27). The fourth-order valence-electron chi connectivity index (χ4n) is 3.04.